The van der Waals surface area contributed by atoms with Crippen LogP contribution in [0.25, 0.3) is 0 Å². The van der Waals surface area contributed by atoms with Crippen molar-refractivity contribution in [2.24, 2.45) is 0 Å². The summed E-state index contributed by atoms with van der Waals surface area (Å²) in [6.07, 6.45) is 0. The molecule has 0 aliphatic heterocycles. The van der Waals surface area contributed by atoms with E-state index in [1.807, 2.05) is 31.1 Å². The van der Waals surface area contributed by atoms with Crippen LogP contribution >= 0.6 is 15.9 Å². The molecule has 0 unspecified atom stereocenters. The summed E-state index contributed by atoms with van der Waals surface area (Å²) in [5, 5.41) is 0. The number of hydrogen-bond donors (Lipinski definition) is 0. The summed E-state index contributed by atoms with van der Waals surface area (Å²) in [5.41, 5.74) is 1.44. The van der Waals surface area contributed by atoms with Gasteiger partial charge in [0.2, 0.25) is 0 Å². The summed E-state index contributed by atoms with van der Waals surface area (Å²) in [6, 6.07) is 5.56. The molecule has 0 aliphatic rings. The summed E-state index contributed by atoms with van der Waals surface area (Å²) >= 11 is 3.34. The number of carbonyl (C=O) groups excluding carboxylic acids is 1. The lowest BCUT2D eigenvalue weighted by atomic mass is 10.1. The summed E-state index contributed by atoms with van der Waals surface area (Å²) in [6.45, 7) is 2.18. The monoisotopic (exact) mass is 271 g/mol. The highest BCUT2D eigenvalue weighted by molar-refractivity contribution is 9.10. The van der Waals surface area contributed by atoms with Crippen molar-refractivity contribution < 1.29 is 9.53 Å². The highest BCUT2D eigenvalue weighted by Crippen LogP contribution is 2.23. The fourth-order valence-electron chi connectivity index (χ4n) is 1.27. The van der Waals surface area contributed by atoms with E-state index in [0.29, 0.717) is 12.2 Å². The van der Waals surface area contributed by atoms with Crippen molar-refractivity contribution in [2.75, 3.05) is 25.6 Å². The Morgan fingerprint density at radius 2 is 2.13 bits per heavy atom. The Morgan fingerprint density at radius 3 is 2.67 bits per heavy atom. The average Bonchev–Trinajstić information content (AvgIpc) is 2.17. The lowest BCUT2D eigenvalue weighted by Gasteiger charge is -2.16. The number of halogens is 1. The standard InChI is InChI=1S/C11H14BrNO2/c1-4-15-11(14)9-7-8(12)5-6-10(9)13(2)3/h5-7H,4H2,1-3H3. The van der Waals surface area contributed by atoms with Crippen LogP contribution in [-0.4, -0.2) is 26.7 Å². The molecule has 0 spiro atoms. The van der Waals surface area contributed by atoms with Crippen molar-refractivity contribution in [3.05, 3.63) is 28.2 Å². The van der Waals surface area contributed by atoms with E-state index in [1.165, 1.54) is 0 Å². The van der Waals surface area contributed by atoms with Crippen LogP contribution in [0.4, 0.5) is 5.69 Å². The number of benzene rings is 1. The van der Waals surface area contributed by atoms with E-state index in [-0.39, 0.29) is 5.97 Å². The number of anilines is 1. The molecule has 1 rings (SSSR count). The van der Waals surface area contributed by atoms with Gasteiger partial charge in [-0.2, -0.15) is 0 Å². The molecule has 15 heavy (non-hydrogen) atoms. The zero-order chi connectivity index (χ0) is 11.4. The molecule has 0 heterocycles. The van der Waals surface area contributed by atoms with E-state index in [2.05, 4.69) is 15.9 Å². The Bertz CT molecular complexity index is 364. The van der Waals surface area contributed by atoms with Crippen LogP contribution < -0.4 is 4.90 Å². The van der Waals surface area contributed by atoms with E-state index >= 15 is 0 Å². The topological polar surface area (TPSA) is 29.5 Å². The van der Waals surface area contributed by atoms with Gasteiger partial charge >= 0.3 is 5.97 Å². The quantitative estimate of drug-likeness (QED) is 0.792. The van der Waals surface area contributed by atoms with Gasteiger partial charge in [-0.25, -0.2) is 4.79 Å². The van der Waals surface area contributed by atoms with Crippen LogP contribution in [0.2, 0.25) is 0 Å². The Balaban J connectivity index is 3.12. The third-order valence-electron chi connectivity index (χ3n) is 1.94. The van der Waals surface area contributed by atoms with Crippen LogP contribution in [-0.2, 0) is 4.74 Å². The molecule has 1 aromatic carbocycles. The maximum atomic E-state index is 11.7. The summed E-state index contributed by atoms with van der Waals surface area (Å²) in [5.74, 6) is -0.289. The van der Waals surface area contributed by atoms with Crippen molar-refractivity contribution in [3.8, 4) is 0 Å². The van der Waals surface area contributed by atoms with Crippen molar-refractivity contribution in [1.82, 2.24) is 0 Å². The van der Waals surface area contributed by atoms with E-state index in [4.69, 9.17) is 4.74 Å². The first-order chi connectivity index (χ1) is 7.06. The van der Waals surface area contributed by atoms with Gasteiger partial charge in [0.25, 0.3) is 0 Å². The average molecular weight is 272 g/mol. The molecule has 3 nitrogen and oxygen atoms in total. The van der Waals surface area contributed by atoms with Gasteiger partial charge in [0.05, 0.1) is 17.9 Å². The predicted molar refractivity (Wildman–Crippen MR) is 64.4 cm³/mol. The number of ether oxygens (including phenoxy) is 1. The fraction of sp³-hybridized carbons (Fsp3) is 0.364. The molecule has 0 saturated carbocycles. The first-order valence-corrected chi connectivity index (χ1v) is 5.49. The molecule has 0 N–H and O–H groups in total. The second-order valence-corrected chi connectivity index (χ2v) is 4.19. The first-order valence-electron chi connectivity index (χ1n) is 4.70. The molecular weight excluding hydrogens is 258 g/mol. The predicted octanol–water partition coefficient (Wildman–Crippen LogP) is 2.69. The zero-order valence-corrected chi connectivity index (χ0v) is 10.7. The maximum absolute atomic E-state index is 11.7. The molecule has 0 bridgehead atoms. The van der Waals surface area contributed by atoms with Crippen LogP contribution in [0.15, 0.2) is 22.7 Å². The highest BCUT2D eigenvalue weighted by atomic mass is 79.9. The van der Waals surface area contributed by atoms with Crippen LogP contribution in [0.1, 0.15) is 17.3 Å². The summed E-state index contributed by atoms with van der Waals surface area (Å²) in [7, 11) is 3.79. The maximum Gasteiger partial charge on any atom is 0.340 e. The molecule has 0 aliphatic carbocycles. The number of esters is 1. The molecule has 0 fully saturated rings. The smallest absolute Gasteiger partial charge is 0.340 e. The van der Waals surface area contributed by atoms with Crippen LogP contribution in [0, 0.1) is 0 Å². The third kappa shape index (κ3) is 2.96. The Hall–Kier alpha value is -1.03. The Labute approximate surface area is 98.2 Å². The van der Waals surface area contributed by atoms with Gasteiger partial charge in [0.15, 0.2) is 0 Å². The number of rotatable bonds is 3. The SMILES string of the molecule is CCOC(=O)c1cc(Br)ccc1N(C)C. The Morgan fingerprint density at radius 1 is 1.47 bits per heavy atom. The molecule has 0 saturated heterocycles. The normalized spacial score (nSPS) is 9.87. The second-order valence-electron chi connectivity index (χ2n) is 3.28. The fourth-order valence-corrected chi connectivity index (χ4v) is 1.63. The van der Waals surface area contributed by atoms with E-state index in [1.54, 1.807) is 13.0 Å². The molecule has 0 atom stereocenters. The van der Waals surface area contributed by atoms with Gasteiger partial charge in [-0.3, -0.25) is 0 Å². The lowest BCUT2D eigenvalue weighted by Crippen LogP contribution is -2.15. The first kappa shape index (κ1) is 12.0. The number of carbonyl (C=O) groups is 1. The number of hydrogen-bond acceptors (Lipinski definition) is 3. The summed E-state index contributed by atoms with van der Waals surface area (Å²) in [4.78, 5) is 13.5. The molecule has 4 heteroatoms. The minimum atomic E-state index is -0.289. The van der Waals surface area contributed by atoms with Gasteiger partial charge in [0, 0.05) is 18.6 Å². The molecule has 0 aromatic heterocycles. The van der Waals surface area contributed by atoms with E-state index in [0.717, 1.165) is 10.2 Å². The van der Waals surface area contributed by atoms with Crippen molar-refractivity contribution in [2.45, 2.75) is 6.92 Å². The zero-order valence-electron chi connectivity index (χ0n) is 9.08. The van der Waals surface area contributed by atoms with Gasteiger partial charge in [-0.05, 0) is 25.1 Å². The molecule has 1 aromatic rings. The van der Waals surface area contributed by atoms with Crippen molar-refractivity contribution in [1.29, 1.82) is 0 Å². The van der Waals surface area contributed by atoms with Crippen molar-refractivity contribution >= 4 is 27.6 Å². The van der Waals surface area contributed by atoms with Crippen LogP contribution in [0.5, 0.6) is 0 Å². The molecule has 82 valence electrons. The minimum Gasteiger partial charge on any atom is -0.462 e. The highest BCUT2D eigenvalue weighted by Gasteiger charge is 2.13. The van der Waals surface area contributed by atoms with Gasteiger partial charge in [-0.15, -0.1) is 0 Å². The van der Waals surface area contributed by atoms with E-state index in [9.17, 15) is 4.79 Å². The lowest BCUT2D eigenvalue weighted by molar-refractivity contribution is 0.0527. The second kappa shape index (κ2) is 5.16. The van der Waals surface area contributed by atoms with E-state index < -0.39 is 0 Å². The van der Waals surface area contributed by atoms with Gasteiger partial charge < -0.3 is 9.64 Å². The minimum absolute atomic E-state index is 0.289. The third-order valence-corrected chi connectivity index (χ3v) is 2.43. The Kier molecular flexibility index (Phi) is 4.15. The van der Waals surface area contributed by atoms with Gasteiger partial charge in [-0.1, -0.05) is 15.9 Å². The van der Waals surface area contributed by atoms with Crippen molar-refractivity contribution in [3.63, 3.8) is 0 Å². The van der Waals surface area contributed by atoms with Gasteiger partial charge in [0.1, 0.15) is 0 Å². The molecule has 0 amide bonds. The largest absolute Gasteiger partial charge is 0.462 e. The van der Waals surface area contributed by atoms with Crippen LogP contribution in [0.3, 0.4) is 0 Å². The summed E-state index contributed by atoms with van der Waals surface area (Å²) < 4.78 is 5.86. The molecular formula is C11H14BrNO2. The molecule has 0 radical (unpaired) electrons. The number of nitrogens with zero attached hydrogens (tertiary/aromatic N) is 1.